The van der Waals surface area contributed by atoms with Crippen LogP contribution < -0.4 is 5.73 Å². The molecule has 0 amide bonds. The van der Waals surface area contributed by atoms with Gasteiger partial charge in [0.2, 0.25) is 0 Å². The fourth-order valence-corrected chi connectivity index (χ4v) is 3.53. The fourth-order valence-electron chi connectivity index (χ4n) is 3.53. The van der Waals surface area contributed by atoms with E-state index >= 15 is 0 Å². The van der Waals surface area contributed by atoms with E-state index in [4.69, 9.17) is 5.73 Å². The van der Waals surface area contributed by atoms with E-state index in [2.05, 4.69) is 55.1 Å². The third-order valence-electron chi connectivity index (χ3n) is 5.09. The van der Waals surface area contributed by atoms with Crippen molar-refractivity contribution < 1.29 is 0 Å². The summed E-state index contributed by atoms with van der Waals surface area (Å²) in [5, 5.41) is 16.3. The number of nitrogens with two attached hydrogens (primary N) is 1. The maximum absolute atomic E-state index is 5.90. The Morgan fingerprint density at radius 3 is 2.69 bits per heavy atom. The van der Waals surface area contributed by atoms with Crippen LogP contribution in [-0.4, -0.2) is 43.0 Å². The topological polar surface area (TPSA) is 88.7 Å². The number of aromatic nitrogens is 5. The zero-order valence-electron chi connectivity index (χ0n) is 15.3. The molecule has 1 saturated carbocycles. The first kappa shape index (κ1) is 16.9. The first-order valence-electron chi connectivity index (χ1n) is 9.02. The molecule has 0 aliphatic heterocycles. The van der Waals surface area contributed by atoms with Gasteiger partial charge in [0.15, 0.2) is 0 Å². The fraction of sp³-hybridized carbons (Fsp3) is 0.421. The average molecular weight is 351 g/mol. The Bertz CT molecular complexity index is 861. The molecule has 0 unspecified atom stereocenters. The highest BCUT2D eigenvalue weighted by molar-refractivity contribution is 5.58. The van der Waals surface area contributed by atoms with Crippen LogP contribution in [0, 0.1) is 0 Å². The molecule has 7 nitrogen and oxygen atoms in total. The molecule has 4 rings (SSSR count). The van der Waals surface area contributed by atoms with Crippen LogP contribution in [0.2, 0.25) is 0 Å². The summed E-state index contributed by atoms with van der Waals surface area (Å²) in [7, 11) is 4.13. The summed E-state index contributed by atoms with van der Waals surface area (Å²) in [5.41, 5.74) is 9.07. The molecule has 1 aromatic carbocycles. The van der Waals surface area contributed by atoms with Crippen molar-refractivity contribution in [3.63, 3.8) is 0 Å². The van der Waals surface area contributed by atoms with E-state index in [0.717, 1.165) is 54.5 Å². The van der Waals surface area contributed by atoms with Crippen molar-refractivity contribution in [1.82, 2.24) is 29.9 Å². The SMILES string of the molecule is CN(Cc1cc(-c2ccccc2)n[nH]1)Cc1nnc(C2CC(N)C2)n1C. The van der Waals surface area contributed by atoms with Crippen LogP contribution in [0.4, 0.5) is 0 Å². The number of nitrogens with one attached hydrogen (secondary N) is 1. The van der Waals surface area contributed by atoms with E-state index in [9.17, 15) is 0 Å². The van der Waals surface area contributed by atoms with Gasteiger partial charge in [0, 0.05) is 36.8 Å². The maximum Gasteiger partial charge on any atom is 0.146 e. The van der Waals surface area contributed by atoms with Gasteiger partial charge in [-0.1, -0.05) is 30.3 Å². The maximum atomic E-state index is 5.90. The Morgan fingerprint density at radius 2 is 1.96 bits per heavy atom. The second-order valence-corrected chi connectivity index (χ2v) is 7.28. The Morgan fingerprint density at radius 1 is 1.19 bits per heavy atom. The Balaban J connectivity index is 1.39. The van der Waals surface area contributed by atoms with Gasteiger partial charge in [0.05, 0.1) is 12.2 Å². The van der Waals surface area contributed by atoms with Gasteiger partial charge in [-0.25, -0.2) is 0 Å². The second-order valence-electron chi connectivity index (χ2n) is 7.28. The van der Waals surface area contributed by atoms with Crippen LogP contribution in [0.25, 0.3) is 11.3 Å². The van der Waals surface area contributed by atoms with Crippen molar-refractivity contribution in [2.45, 2.75) is 37.9 Å². The van der Waals surface area contributed by atoms with E-state index in [1.807, 2.05) is 25.2 Å². The number of nitrogens with zero attached hydrogens (tertiary/aromatic N) is 5. The standard InChI is InChI=1S/C19H25N7/c1-25(11-16-10-17(22-21-16)13-6-4-3-5-7-13)12-18-23-24-19(26(18)2)14-8-15(20)9-14/h3-7,10,14-15H,8-9,11-12,20H2,1-2H3,(H,21,22). The van der Waals surface area contributed by atoms with Gasteiger partial charge in [-0.15, -0.1) is 10.2 Å². The minimum Gasteiger partial charge on any atom is -0.328 e. The predicted molar refractivity (Wildman–Crippen MR) is 100 cm³/mol. The van der Waals surface area contributed by atoms with Gasteiger partial charge in [-0.2, -0.15) is 5.10 Å². The highest BCUT2D eigenvalue weighted by Gasteiger charge is 2.31. The van der Waals surface area contributed by atoms with E-state index < -0.39 is 0 Å². The minimum absolute atomic E-state index is 0.321. The largest absolute Gasteiger partial charge is 0.328 e. The monoisotopic (exact) mass is 351 g/mol. The van der Waals surface area contributed by atoms with Crippen molar-refractivity contribution in [1.29, 1.82) is 0 Å². The highest BCUT2D eigenvalue weighted by Crippen LogP contribution is 2.34. The summed E-state index contributed by atoms with van der Waals surface area (Å²) in [4.78, 5) is 2.21. The normalized spacial score (nSPS) is 19.7. The molecule has 1 aliphatic carbocycles. The van der Waals surface area contributed by atoms with Crippen molar-refractivity contribution >= 4 is 0 Å². The van der Waals surface area contributed by atoms with Gasteiger partial charge in [-0.05, 0) is 26.0 Å². The van der Waals surface area contributed by atoms with Crippen LogP contribution in [-0.2, 0) is 20.1 Å². The lowest BCUT2D eigenvalue weighted by atomic mass is 9.80. The lowest BCUT2D eigenvalue weighted by molar-refractivity contribution is 0.299. The van der Waals surface area contributed by atoms with Gasteiger partial charge in [-0.3, -0.25) is 10.00 Å². The number of aromatic amines is 1. The lowest BCUT2D eigenvalue weighted by Gasteiger charge is -2.31. The average Bonchev–Trinajstić information content (AvgIpc) is 3.21. The van der Waals surface area contributed by atoms with Gasteiger partial charge >= 0.3 is 0 Å². The van der Waals surface area contributed by atoms with E-state index in [1.54, 1.807) is 0 Å². The molecular formula is C19H25N7. The second kappa shape index (κ2) is 7.01. The molecule has 1 fully saturated rings. The summed E-state index contributed by atoms with van der Waals surface area (Å²) < 4.78 is 2.12. The van der Waals surface area contributed by atoms with Gasteiger partial charge in [0.1, 0.15) is 11.6 Å². The molecule has 136 valence electrons. The summed E-state index contributed by atoms with van der Waals surface area (Å²) in [6.07, 6.45) is 2.02. The molecule has 3 N–H and O–H groups in total. The Labute approximate surface area is 153 Å². The zero-order valence-corrected chi connectivity index (χ0v) is 15.3. The van der Waals surface area contributed by atoms with Crippen molar-refractivity contribution in [2.24, 2.45) is 12.8 Å². The Kier molecular flexibility index (Phi) is 4.57. The first-order chi connectivity index (χ1) is 12.6. The quantitative estimate of drug-likeness (QED) is 0.709. The summed E-state index contributed by atoms with van der Waals surface area (Å²) >= 11 is 0. The summed E-state index contributed by atoms with van der Waals surface area (Å²) in [6.45, 7) is 1.51. The van der Waals surface area contributed by atoms with Crippen LogP contribution in [0.1, 0.15) is 36.1 Å². The molecule has 0 bridgehead atoms. The smallest absolute Gasteiger partial charge is 0.146 e. The summed E-state index contributed by atoms with van der Waals surface area (Å²) in [6, 6.07) is 12.6. The van der Waals surface area contributed by atoms with Crippen molar-refractivity contribution in [3.05, 3.63) is 53.7 Å². The highest BCUT2D eigenvalue weighted by atomic mass is 15.3. The lowest BCUT2D eigenvalue weighted by Crippen LogP contribution is -2.36. The van der Waals surface area contributed by atoms with Crippen LogP contribution >= 0.6 is 0 Å². The van der Waals surface area contributed by atoms with Gasteiger partial charge < -0.3 is 10.3 Å². The number of hydrogen-bond donors (Lipinski definition) is 2. The number of benzene rings is 1. The predicted octanol–water partition coefficient (Wildman–Crippen LogP) is 2.04. The number of H-pyrrole nitrogens is 1. The number of hydrogen-bond acceptors (Lipinski definition) is 5. The molecule has 0 spiro atoms. The molecule has 2 aromatic heterocycles. The van der Waals surface area contributed by atoms with E-state index in [-0.39, 0.29) is 0 Å². The van der Waals surface area contributed by atoms with Crippen molar-refractivity contribution in [3.8, 4) is 11.3 Å². The van der Waals surface area contributed by atoms with Gasteiger partial charge in [0.25, 0.3) is 0 Å². The van der Waals surface area contributed by atoms with E-state index in [0.29, 0.717) is 12.0 Å². The molecule has 0 radical (unpaired) electrons. The molecule has 3 aromatic rings. The molecular weight excluding hydrogens is 326 g/mol. The molecule has 0 atom stereocenters. The molecule has 1 aliphatic rings. The Hall–Kier alpha value is -2.51. The molecule has 26 heavy (non-hydrogen) atoms. The van der Waals surface area contributed by atoms with Crippen molar-refractivity contribution in [2.75, 3.05) is 7.05 Å². The molecule has 7 heteroatoms. The van der Waals surface area contributed by atoms with Crippen LogP contribution in [0.15, 0.2) is 36.4 Å². The summed E-state index contributed by atoms with van der Waals surface area (Å²) in [5.74, 6) is 2.50. The molecule has 0 saturated heterocycles. The van der Waals surface area contributed by atoms with Crippen LogP contribution in [0.5, 0.6) is 0 Å². The molecule has 2 heterocycles. The third kappa shape index (κ3) is 3.40. The first-order valence-corrected chi connectivity index (χ1v) is 9.02. The minimum atomic E-state index is 0.321. The van der Waals surface area contributed by atoms with E-state index in [1.165, 1.54) is 0 Å². The third-order valence-corrected chi connectivity index (χ3v) is 5.09. The zero-order chi connectivity index (χ0) is 18.1. The van der Waals surface area contributed by atoms with Crippen LogP contribution in [0.3, 0.4) is 0 Å². The number of rotatable bonds is 6.